The molecule has 1 amide bonds. The van der Waals surface area contributed by atoms with Crippen molar-refractivity contribution in [1.29, 1.82) is 0 Å². The number of ether oxygens (including phenoxy) is 1. The zero-order valence-electron chi connectivity index (χ0n) is 12.1. The van der Waals surface area contributed by atoms with E-state index in [0.717, 1.165) is 12.1 Å². The molecule has 1 aromatic carbocycles. The van der Waals surface area contributed by atoms with E-state index in [1.807, 2.05) is 24.3 Å². The normalized spacial score (nSPS) is 12.8. The standard InChI is InChI=1S/C17H16N2O3/c20-16(19-11-7-13-3-1-2-4-15(13)19)8-12-22-17(21)14-5-9-18-10-6-14/h1-6,9-10H,7-8,11-12H2. The number of pyridine rings is 1. The Morgan fingerprint density at radius 2 is 1.91 bits per heavy atom. The lowest BCUT2D eigenvalue weighted by Crippen LogP contribution is -2.29. The number of amides is 1. The number of fused-ring (bicyclic) bond motifs is 1. The van der Waals surface area contributed by atoms with Gasteiger partial charge >= 0.3 is 5.97 Å². The van der Waals surface area contributed by atoms with Gasteiger partial charge < -0.3 is 9.64 Å². The molecule has 112 valence electrons. The first kappa shape index (κ1) is 14.3. The summed E-state index contributed by atoms with van der Waals surface area (Å²) in [5.41, 5.74) is 2.59. The Hall–Kier alpha value is -2.69. The Kier molecular flexibility index (Phi) is 4.14. The SMILES string of the molecule is O=C(OCCC(=O)N1CCc2ccccc21)c1ccncc1. The van der Waals surface area contributed by atoms with Crippen molar-refractivity contribution in [3.05, 3.63) is 59.9 Å². The van der Waals surface area contributed by atoms with Gasteiger partial charge in [0.25, 0.3) is 0 Å². The first-order valence-electron chi connectivity index (χ1n) is 7.21. The molecule has 0 atom stereocenters. The molecule has 0 saturated carbocycles. The highest BCUT2D eigenvalue weighted by molar-refractivity contribution is 5.95. The van der Waals surface area contributed by atoms with Gasteiger partial charge in [-0.2, -0.15) is 0 Å². The summed E-state index contributed by atoms with van der Waals surface area (Å²) >= 11 is 0. The summed E-state index contributed by atoms with van der Waals surface area (Å²) in [7, 11) is 0. The number of anilines is 1. The second-order valence-electron chi connectivity index (χ2n) is 5.05. The van der Waals surface area contributed by atoms with Crippen LogP contribution in [-0.4, -0.2) is 30.0 Å². The zero-order valence-corrected chi connectivity index (χ0v) is 12.1. The zero-order chi connectivity index (χ0) is 15.4. The molecule has 5 nitrogen and oxygen atoms in total. The molecule has 1 aliphatic heterocycles. The van der Waals surface area contributed by atoms with Crippen molar-refractivity contribution in [2.45, 2.75) is 12.8 Å². The maximum Gasteiger partial charge on any atom is 0.338 e. The van der Waals surface area contributed by atoms with Gasteiger partial charge in [0.15, 0.2) is 0 Å². The number of para-hydroxylation sites is 1. The van der Waals surface area contributed by atoms with Crippen LogP contribution in [-0.2, 0) is 16.0 Å². The van der Waals surface area contributed by atoms with Crippen LogP contribution in [0, 0.1) is 0 Å². The fraction of sp³-hybridized carbons (Fsp3) is 0.235. The summed E-state index contributed by atoms with van der Waals surface area (Å²) in [5, 5.41) is 0. The Morgan fingerprint density at radius 3 is 2.73 bits per heavy atom. The monoisotopic (exact) mass is 296 g/mol. The van der Waals surface area contributed by atoms with E-state index >= 15 is 0 Å². The Bertz CT molecular complexity index is 685. The summed E-state index contributed by atoms with van der Waals surface area (Å²) in [6.45, 7) is 0.773. The molecule has 0 bridgehead atoms. The third-order valence-electron chi connectivity index (χ3n) is 3.65. The van der Waals surface area contributed by atoms with Crippen LogP contribution in [0.15, 0.2) is 48.8 Å². The topological polar surface area (TPSA) is 59.5 Å². The molecule has 5 heteroatoms. The summed E-state index contributed by atoms with van der Waals surface area (Å²) in [4.78, 5) is 29.6. The first-order chi connectivity index (χ1) is 10.8. The van der Waals surface area contributed by atoms with Crippen molar-refractivity contribution in [3.63, 3.8) is 0 Å². The van der Waals surface area contributed by atoms with Crippen molar-refractivity contribution in [1.82, 2.24) is 4.98 Å². The van der Waals surface area contributed by atoms with Crippen molar-refractivity contribution < 1.29 is 14.3 Å². The number of carbonyl (C=O) groups excluding carboxylic acids is 2. The lowest BCUT2D eigenvalue weighted by atomic mass is 10.2. The molecular formula is C17H16N2O3. The third kappa shape index (κ3) is 2.98. The summed E-state index contributed by atoms with van der Waals surface area (Å²) < 4.78 is 5.13. The van der Waals surface area contributed by atoms with Crippen LogP contribution in [0.2, 0.25) is 0 Å². The minimum Gasteiger partial charge on any atom is -0.462 e. The van der Waals surface area contributed by atoms with Gasteiger partial charge in [0.2, 0.25) is 5.91 Å². The fourth-order valence-electron chi connectivity index (χ4n) is 2.53. The molecule has 3 rings (SSSR count). The van der Waals surface area contributed by atoms with Crippen LogP contribution in [0.3, 0.4) is 0 Å². The van der Waals surface area contributed by atoms with E-state index in [0.29, 0.717) is 12.1 Å². The molecule has 0 radical (unpaired) electrons. The molecular weight excluding hydrogens is 280 g/mol. The summed E-state index contributed by atoms with van der Waals surface area (Å²) in [6, 6.07) is 11.0. The molecule has 0 N–H and O–H groups in total. The van der Waals surface area contributed by atoms with Gasteiger partial charge in [-0.25, -0.2) is 4.79 Å². The fourth-order valence-corrected chi connectivity index (χ4v) is 2.53. The van der Waals surface area contributed by atoms with Crippen LogP contribution in [0.4, 0.5) is 5.69 Å². The maximum absolute atomic E-state index is 12.3. The predicted octanol–water partition coefficient (Wildman–Crippen LogP) is 2.22. The Balaban J connectivity index is 1.53. The molecule has 0 saturated heterocycles. The second kappa shape index (κ2) is 6.39. The highest BCUT2D eigenvalue weighted by Gasteiger charge is 2.23. The predicted molar refractivity (Wildman–Crippen MR) is 81.6 cm³/mol. The average Bonchev–Trinajstić information content (AvgIpc) is 2.99. The number of aromatic nitrogens is 1. The highest BCUT2D eigenvalue weighted by atomic mass is 16.5. The van der Waals surface area contributed by atoms with Gasteiger partial charge in [-0.15, -0.1) is 0 Å². The number of benzene rings is 1. The smallest absolute Gasteiger partial charge is 0.338 e. The van der Waals surface area contributed by atoms with Gasteiger partial charge in [0.05, 0.1) is 12.0 Å². The Labute approximate surface area is 128 Å². The van der Waals surface area contributed by atoms with E-state index in [1.54, 1.807) is 17.0 Å². The van der Waals surface area contributed by atoms with Crippen LogP contribution in [0.1, 0.15) is 22.3 Å². The van der Waals surface area contributed by atoms with Crippen LogP contribution < -0.4 is 4.90 Å². The number of nitrogens with zero attached hydrogens (tertiary/aromatic N) is 2. The van der Waals surface area contributed by atoms with Gasteiger partial charge in [-0.3, -0.25) is 9.78 Å². The van der Waals surface area contributed by atoms with Crippen LogP contribution in [0.5, 0.6) is 0 Å². The van der Waals surface area contributed by atoms with Crippen molar-refractivity contribution in [3.8, 4) is 0 Å². The molecule has 0 fully saturated rings. The number of esters is 1. The quantitative estimate of drug-likeness (QED) is 0.812. The average molecular weight is 296 g/mol. The van der Waals surface area contributed by atoms with Crippen LogP contribution in [0.25, 0.3) is 0 Å². The Morgan fingerprint density at radius 1 is 1.14 bits per heavy atom. The third-order valence-corrected chi connectivity index (χ3v) is 3.65. The summed E-state index contributed by atoms with van der Waals surface area (Å²) in [5.74, 6) is -0.454. The summed E-state index contributed by atoms with van der Waals surface area (Å²) in [6.07, 6.45) is 4.12. The van der Waals surface area contributed by atoms with E-state index in [9.17, 15) is 9.59 Å². The van der Waals surface area contributed by atoms with E-state index in [-0.39, 0.29) is 18.9 Å². The molecule has 1 aromatic heterocycles. The van der Waals surface area contributed by atoms with E-state index in [4.69, 9.17) is 4.74 Å². The number of hydrogen-bond acceptors (Lipinski definition) is 4. The molecule has 2 aromatic rings. The minimum absolute atomic E-state index is 0.0209. The second-order valence-corrected chi connectivity index (χ2v) is 5.05. The minimum atomic E-state index is -0.433. The molecule has 2 heterocycles. The highest BCUT2D eigenvalue weighted by Crippen LogP contribution is 2.27. The van der Waals surface area contributed by atoms with Gasteiger partial charge in [-0.05, 0) is 30.2 Å². The van der Waals surface area contributed by atoms with E-state index < -0.39 is 5.97 Å². The molecule has 0 spiro atoms. The van der Waals surface area contributed by atoms with E-state index in [1.165, 1.54) is 18.0 Å². The van der Waals surface area contributed by atoms with Crippen LogP contribution >= 0.6 is 0 Å². The number of carbonyl (C=O) groups is 2. The van der Waals surface area contributed by atoms with Crippen molar-refractivity contribution in [2.24, 2.45) is 0 Å². The number of hydrogen-bond donors (Lipinski definition) is 0. The van der Waals surface area contributed by atoms with Crippen molar-refractivity contribution in [2.75, 3.05) is 18.1 Å². The molecule has 22 heavy (non-hydrogen) atoms. The molecule has 0 aliphatic carbocycles. The lowest BCUT2D eigenvalue weighted by Gasteiger charge is -2.17. The molecule has 0 unspecified atom stereocenters. The number of rotatable bonds is 4. The van der Waals surface area contributed by atoms with E-state index in [2.05, 4.69) is 4.98 Å². The first-order valence-corrected chi connectivity index (χ1v) is 7.21. The molecule has 1 aliphatic rings. The lowest BCUT2D eigenvalue weighted by molar-refractivity contribution is -0.119. The maximum atomic E-state index is 12.3. The van der Waals surface area contributed by atoms with Gasteiger partial charge in [-0.1, -0.05) is 18.2 Å². The van der Waals surface area contributed by atoms with Crippen molar-refractivity contribution >= 4 is 17.6 Å². The largest absolute Gasteiger partial charge is 0.462 e. The van der Waals surface area contributed by atoms with Gasteiger partial charge in [0.1, 0.15) is 6.61 Å². The van der Waals surface area contributed by atoms with Gasteiger partial charge in [0, 0.05) is 24.6 Å².